The number of H-pyrrole nitrogens is 1. The van der Waals surface area contributed by atoms with Gasteiger partial charge >= 0.3 is 6.18 Å². The number of halogens is 4. The normalized spacial score (nSPS) is 12.5. The Bertz CT molecular complexity index is 796. The standard InChI is InChI=1S/C12H11ClF3N3O2S/c1-6-11(7(2)18-17-6)22(20,21)19-8-3-4-10(13)9(5-8)12(14,15)16/h3-5,19H,1-2H3,(H,17,18). The predicted octanol–water partition coefficient (Wildman–Crippen LogP) is 3.50. The van der Waals surface area contributed by atoms with Gasteiger partial charge in [-0.2, -0.15) is 18.3 Å². The van der Waals surface area contributed by atoms with E-state index in [-0.39, 0.29) is 22.0 Å². The lowest BCUT2D eigenvalue weighted by molar-refractivity contribution is -0.137. The van der Waals surface area contributed by atoms with Crippen LogP contribution in [0.4, 0.5) is 18.9 Å². The Morgan fingerprint density at radius 1 is 1.27 bits per heavy atom. The predicted molar refractivity (Wildman–Crippen MR) is 75.3 cm³/mol. The molecule has 0 saturated heterocycles. The molecule has 0 spiro atoms. The largest absolute Gasteiger partial charge is 0.417 e. The summed E-state index contributed by atoms with van der Waals surface area (Å²) in [6.07, 6.45) is -4.68. The molecular formula is C12H11ClF3N3O2S. The Labute approximate surface area is 129 Å². The average molecular weight is 354 g/mol. The van der Waals surface area contributed by atoms with Crippen molar-refractivity contribution >= 4 is 27.3 Å². The first-order chi connectivity index (χ1) is 10.0. The third kappa shape index (κ3) is 3.20. The van der Waals surface area contributed by atoms with E-state index in [9.17, 15) is 21.6 Å². The smallest absolute Gasteiger partial charge is 0.281 e. The molecule has 0 fully saturated rings. The number of nitrogens with zero attached hydrogens (tertiary/aromatic N) is 1. The molecule has 0 unspecified atom stereocenters. The number of aryl methyl sites for hydroxylation is 2. The summed E-state index contributed by atoms with van der Waals surface area (Å²) < 4.78 is 65.0. The van der Waals surface area contributed by atoms with Crippen molar-refractivity contribution in [2.45, 2.75) is 24.9 Å². The lowest BCUT2D eigenvalue weighted by Gasteiger charge is -2.13. The molecule has 0 bridgehead atoms. The van der Waals surface area contributed by atoms with Gasteiger partial charge in [-0.15, -0.1) is 0 Å². The number of alkyl halides is 3. The van der Waals surface area contributed by atoms with Crippen LogP contribution < -0.4 is 4.72 Å². The highest BCUT2D eigenvalue weighted by atomic mass is 35.5. The molecule has 1 aromatic heterocycles. The Morgan fingerprint density at radius 3 is 2.41 bits per heavy atom. The van der Waals surface area contributed by atoms with E-state index in [4.69, 9.17) is 11.6 Å². The third-order valence-electron chi connectivity index (χ3n) is 2.85. The van der Waals surface area contributed by atoms with Crippen LogP contribution in [-0.2, 0) is 16.2 Å². The van der Waals surface area contributed by atoms with Gasteiger partial charge in [0.05, 0.1) is 22.0 Å². The molecule has 2 aromatic rings. The third-order valence-corrected chi connectivity index (χ3v) is 4.83. The number of aromatic nitrogens is 2. The molecule has 2 N–H and O–H groups in total. The van der Waals surface area contributed by atoms with E-state index >= 15 is 0 Å². The van der Waals surface area contributed by atoms with Gasteiger partial charge in [0.2, 0.25) is 0 Å². The minimum atomic E-state index is -4.68. The molecule has 22 heavy (non-hydrogen) atoms. The first-order valence-corrected chi connectivity index (χ1v) is 7.79. The molecule has 1 heterocycles. The second kappa shape index (κ2) is 5.47. The van der Waals surface area contributed by atoms with Gasteiger partial charge in [0.25, 0.3) is 10.0 Å². The lowest BCUT2D eigenvalue weighted by atomic mass is 10.2. The number of aromatic amines is 1. The fourth-order valence-electron chi connectivity index (χ4n) is 1.95. The summed E-state index contributed by atoms with van der Waals surface area (Å²) in [5, 5.41) is 5.74. The number of anilines is 1. The number of sulfonamides is 1. The molecule has 0 aliphatic heterocycles. The highest BCUT2D eigenvalue weighted by Gasteiger charge is 2.34. The first kappa shape index (κ1) is 16.6. The SMILES string of the molecule is Cc1n[nH]c(C)c1S(=O)(=O)Nc1ccc(Cl)c(C(F)(F)F)c1. The van der Waals surface area contributed by atoms with E-state index < -0.39 is 26.8 Å². The fraction of sp³-hybridized carbons (Fsp3) is 0.250. The summed E-state index contributed by atoms with van der Waals surface area (Å²) in [6, 6.07) is 2.78. The quantitative estimate of drug-likeness (QED) is 0.886. The molecule has 0 amide bonds. The van der Waals surface area contributed by atoms with E-state index in [0.717, 1.165) is 12.1 Å². The minimum absolute atomic E-state index is 0.101. The minimum Gasteiger partial charge on any atom is -0.281 e. The monoisotopic (exact) mass is 353 g/mol. The molecule has 0 radical (unpaired) electrons. The summed E-state index contributed by atoms with van der Waals surface area (Å²) in [4.78, 5) is -0.101. The average Bonchev–Trinajstić information content (AvgIpc) is 2.70. The number of hydrogen-bond donors (Lipinski definition) is 2. The zero-order valence-corrected chi connectivity index (χ0v) is 13.0. The highest BCUT2D eigenvalue weighted by molar-refractivity contribution is 7.92. The van der Waals surface area contributed by atoms with Gasteiger partial charge < -0.3 is 0 Å². The maximum absolute atomic E-state index is 12.8. The fourth-order valence-corrected chi connectivity index (χ4v) is 3.60. The van der Waals surface area contributed by atoms with Gasteiger partial charge in [-0.25, -0.2) is 8.42 Å². The molecule has 1 aromatic carbocycles. The van der Waals surface area contributed by atoms with Crippen LogP contribution >= 0.6 is 11.6 Å². The molecule has 5 nitrogen and oxygen atoms in total. The van der Waals surface area contributed by atoms with Crippen molar-refractivity contribution in [3.05, 3.63) is 40.2 Å². The van der Waals surface area contributed by atoms with Gasteiger partial charge in [-0.1, -0.05) is 11.6 Å². The van der Waals surface area contributed by atoms with Gasteiger partial charge in [0, 0.05) is 5.69 Å². The molecule has 0 saturated carbocycles. The summed E-state index contributed by atoms with van der Waals surface area (Å²) >= 11 is 5.49. The van der Waals surface area contributed by atoms with Crippen LogP contribution in [0.5, 0.6) is 0 Å². The number of hydrogen-bond acceptors (Lipinski definition) is 3. The van der Waals surface area contributed by atoms with Crippen LogP contribution in [0, 0.1) is 13.8 Å². The van der Waals surface area contributed by atoms with Crippen molar-refractivity contribution in [1.29, 1.82) is 0 Å². The van der Waals surface area contributed by atoms with Crippen LogP contribution in [-0.4, -0.2) is 18.6 Å². The first-order valence-electron chi connectivity index (χ1n) is 5.93. The van der Waals surface area contributed by atoms with Gasteiger partial charge in [-0.05, 0) is 32.0 Å². The molecule has 0 aliphatic carbocycles. The molecule has 2 rings (SSSR count). The maximum atomic E-state index is 12.8. The van der Waals surface area contributed by atoms with Crippen molar-refractivity contribution < 1.29 is 21.6 Å². The van der Waals surface area contributed by atoms with Crippen LogP contribution in [0.25, 0.3) is 0 Å². The molecule has 0 aliphatic rings. The summed E-state index contributed by atoms with van der Waals surface area (Å²) in [5.74, 6) is 0. The molecular weight excluding hydrogens is 343 g/mol. The molecule has 120 valence electrons. The molecule has 10 heteroatoms. The molecule has 0 atom stereocenters. The number of nitrogens with one attached hydrogen (secondary N) is 2. The lowest BCUT2D eigenvalue weighted by Crippen LogP contribution is -2.15. The Morgan fingerprint density at radius 2 is 1.91 bits per heavy atom. The second-order valence-corrected chi connectivity index (χ2v) is 6.59. The zero-order chi connectivity index (χ0) is 16.7. The van der Waals surface area contributed by atoms with Crippen LogP contribution in [0.15, 0.2) is 23.1 Å². The Kier molecular flexibility index (Phi) is 4.14. The van der Waals surface area contributed by atoms with E-state index in [0.29, 0.717) is 6.07 Å². The van der Waals surface area contributed by atoms with Crippen molar-refractivity contribution in [2.75, 3.05) is 4.72 Å². The summed E-state index contributed by atoms with van der Waals surface area (Å²) in [7, 11) is -4.06. The van der Waals surface area contributed by atoms with Crippen LogP contribution in [0.2, 0.25) is 5.02 Å². The van der Waals surface area contributed by atoms with E-state index in [2.05, 4.69) is 14.9 Å². The maximum Gasteiger partial charge on any atom is 0.417 e. The van der Waals surface area contributed by atoms with Crippen molar-refractivity contribution in [2.24, 2.45) is 0 Å². The summed E-state index contributed by atoms with van der Waals surface area (Å²) in [5.41, 5.74) is -0.850. The second-order valence-electron chi connectivity index (χ2n) is 4.56. The van der Waals surface area contributed by atoms with Crippen LogP contribution in [0.3, 0.4) is 0 Å². The van der Waals surface area contributed by atoms with E-state index in [1.807, 2.05) is 0 Å². The topological polar surface area (TPSA) is 74.8 Å². The number of benzene rings is 1. The highest BCUT2D eigenvalue weighted by Crippen LogP contribution is 2.36. The van der Waals surface area contributed by atoms with Crippen molar-refractivity contribution in [3.63, 3.8) is 0 Å². The van der Waals surface area contributed by atoms with E-state index in [1.165, 1.54) is 13.8 Å². The van der Waals surface area contributed by atoms with Crippen LogP contribution in [0.1, 0.15) is 17.0 Å². The van der Waals surface area contributed by atoms with Crippen molar-refractivity contribution in [1.82, 2.24) is 10.2 Å². The Hall–Kier alpha value is -1.74. The Balaban J connectivity index is 2.43. The van der Waals surface area contributed by atoms with Gasteiger partial charge in [0.15, 0.2) is 0 Å². The van der Waals surface area contributed by atoms with Crippen molar-refractivity contribution in [3.8, 4) is 0 Å². The van der Waals surface area contributed by atoms with Gasteiger partial charge in [0.1, 0.15) is 4.90 Å². The van der Waals surface area contributed by atoms with E-state index in [1.54, 1.807) is 0 Å². The zero-order valence-electron chi connectivity index (χ0n) is 11.4. The van der Waals surface area contributed by atoms with Gasteiger partial charge in [-0.3, -0.25) is 9.82 Å². The number of rotatable bonds is 3. The summed E-state index contributed by atoms with van der Waals surface area (Å²) in [6.45, 7) is 2.97.